The van der Waals surface area contributed by atoms with Crippen molar-refractivity contribution in [2.75, 3.05) is 11.9 Å². The number of nitrogens with zero attached hydrogens (tertiary/aromatic N) is 2. The number of nitrogens with one attached hydrogen (secondary N) is 2. The van der Waals surface area contributed by atoms with E-state index in [1.807, 2.05) is 38.1 Å². The summed E-state index contributed by atoms with van der Waals surface area (Å²) in [4.78, 5) is 16.6. The molecule has 7 nitrogen and oxygen atoms in total. The molecule has 0 atom stereocenters. The molecule has 1 amide bonds. The number of thiazole rings is 1. The third kappa shape index (κ3) is 8.70. The minimum Gasteiger partial charge on any atom is -0.490 e. The van der Waals surface area contributed by atoms with Crippen molar-refractivity contribution in [1.82, 2.24) is 10.4 Å². The third-order valence-electron chi connectivity index (χ3n) is 5.57. The Hall–Kier alpha value is -4.09. The maximum absolute atomic E-state index is 12.9. The zero-order valence-electron chi connectivity index (χ0n) is 22.1. The van der Waals surface area contributed by atoms with Crippen LogP contribution in [0.25, 0.3) is 0 Å². The number of aromatic nitrogens is 1. The van der Waals surface area contributed by atoms with Gasteiger partial charge in [-0.1, -0.05) is 47.5 Å². The number of carbonyl (C=O) groups is 1. The van der Waals surface area contributed by atoms with Crippen LogP contribution in [0.1, 0.15) is 34.9 Å². The zero-order chi connectivity index (χ0) is 29.4. The van der Waals surface area contributed by atoms with E-state index >= 15 is 0 Å². The van der Waals surface area contributed by atoms with Crippen LogP contribution in [0.4, 0.5) is 24.0 Å². The van der Waals surface area contributed by atoms with E-state index in [1.54, 1.807) is 17.5 Å². The first-order valence-electron chi connectivity index (χ1n) is 12.5. The van der Waals surface area contributed by atoms with Gasteiger partial charge in [0, 0.05) is 11.1 Å². The number of rotatable bonds is 11. The molecular formula is C29H26ClF3N4O3S. The van der Waals surface area contributed by atoms with Crippen LogP contribution in [0, 0.1) is 6.92 Å². The minimum absolute atomic E-state index is 0.0746. The predicted octanol–water partition coefficient (Wildman–Crippen LogP) is 7.54. The Labute approximate surface area is 244 Å². The smallest absolute Gasteiger partial charge is 0.416 e. The molecule has 3 aromatic carbocycles. The van der Waals surface area contributed by atoms with Crippen molar-refractivity contribution in [3.8, 4) is 11.5 Å². The lowest BCUT2D eigenvalue weighted by Gasteiger charge is -2.14. The van der Waals surface area contributed by atoms with Gasteiger partial charge in [0.05, 0.1) is 35.5 Å². The normalized spacial score (nSPS) is 11.5. The van der Waals surface area contributed by atoms with Crippen LogP contribution in [0.15, 0.2) is 71.1 Å². The molecule has 4 rings (SSSR count). The van der Waals surface area contributed by atoms with E-state index in [0.717, 1.165) is 23.3 Å². The van der Waals surface area contributed by atoms with Crippen molar-refractivity contribution in [3.05, 3.63) is 99.0 Å². The summed E-state index contributed by atoms with van der Waals surface area (Å²) in [5.74, 6) is 0.433. The summed E-state index contributed by atoms with van der Waals surface area (Å²) in [6.45, 7) is 4.57. The second-order valence-corrected chi connectivity index (χ2v) is 10.1. The highest BCUT2D eigenvalue weighted by Gasteiger charge is 2.30. The highest BCUT2D eigenvalue weighted by atomic mass is 35.5. The Morgan fingerprint density at radius 3 is 2.63 bits per heavy atom. The molecule has 0 saturated heterocycles. The standard InChI is InChI=1S/C29H26ClF3N4O3S/c1-3-39-25-12-20(11-24(30)27(25)40-16-19-9-7-18(2)8-10-19)15-34-37-26(38)14-23-17-41-28(36-23)35-22-6-4-5-21(13-22)29(31,32)33/h4-13,15,17H,3,14,16H2,1-2H3,(H,35,36)(H,37,38)/b34-15-. The highest BCUT2D eigenvalue weighted by molar-refractivity contribution is 7.13. The van der Waals surface area contributed by atoms with Gasteiger partial charge in [-0.05, 0) is 55.3 Å². The number of amides is 1. The lowest BCUT2D eigenvalue weighted by atomic mass is 10.1. The van der Waals surface area contributed by atoms with Gasteiger partial charge < -0.3 is 14.8 Å². The van der Waals surface area contributed by atoms with E-state index in [0.29, 0.717) is 46.1 Å². The number of hydrazone groups is 1. The first-order valence-corrected chi connectivity index (χ1v) is 13.7. The average Bonchev–Trinajstić information content (AvgIpc) is 3.35. The summed E-state index contributed by atoms with van der Waals surface area (Å²) in [7, 11) is 0. The fraction of sp³-hybridized carbons (Fsp3) is 0.207. The number of hydrogen-bond acceptors (Lipinski definition) is 7. The van der Waals surface area contributed by atoms with E-state index < -0.39 is 17.6 Å². The molecule has 0 bridgehead atoms. The van der Waals surface area contributed by atoms with E-state index in [1.165, 1.54) is 29.7 Å². The number of aryl methyl sites for hydroxylation is 1. The number of alkyl halides is 3. The number of anilines is 2. The van der Waals surface area contributed by atoms with Gasteiger partial charge in [0.1, 0.15) is 6.61 Å². The van der Waals surface area contributed by atoms with E-state index in [9.17, 15) is 18.0 Å². The first-order chi connectivity index (χ1) is 19.6. The molecule has 12 heteroatoms. The Kier molecular flexibility index (Phi) is 9.85. The molecule has 0 spiro atoms. The molecule has 4 aromatic rings. The molecule has 0 aliphatic carbocycles. The molecule has 214 valence electrons. The summed E-state index contributed by atoms with van der Waals surface area (Å²) < 4.78 is 50.5. The summed E-state index contributed by atoms with van der Waals surface area (Å²) in [6.07, 6.45) is -3.09. The fourth-order valence-corrected chi connectivity index (χ4v) is 4.63. The van der Waals surface area contributed by atoms with Crippen molar-refractivity contribution >= 4 is 45.9 Å². The molecule has 1 heterocycles. The zero-order valence-corrected chi connectivity index (χ0v) is 23.7. The van der Waals surface area contributed by atoms with E-state index in [4.69, 9.17) is 21.1 Å². The molecule has 1 aromatic heterocycles. The molecular weight excluding hydrogens is 577 g/mol. The van der Waals surface area contributed by atoms with Crippen LogP contribution in [0.5, 0.6) is 11.5 Å². The molecule has 0 radical (unpaired) electrons. The lowest BCUT2D eigenvalue weighted by Crippen LogP contribution is -2.20. The number of carbonyl (C=O) groups excluding carboxylic acids is 1. The number of hydrogen-bond donors (Lipinski definition) is 2. The van der Waals surface area contributed by atoms with Crippen molar-refractivity contribution in [2.24, 2.45) is 5.10 Å². The van der Waals surface area contributed by atoms with E-state index in [-0.39, 0.29) is 12.1 Å². The average molecular weight is 603 g/mol. The van der Waals surface area contributed by atoms with Crippen LogP contribution in [0.3, 0.4) is 0 Å². The highest BCUT2D eigenvalue weighted by Crippen LogP contribution is 2.37. The molecule has 41 heavy (non-hydrogen) atoms. The lowest BCUT2D eigenvalue weighted by molar-refractivity contribution is -0.137. The quantitative estimate of drug-likeness (QED) is 0.137. The SMILES string of the molecule is CCOc1cc(/C=N\NC(=O)Cc2csc(Nc3cccc(C(F)(F)F)c3)n2)cc(Cl)c1OCc1ccc(C)cc1. The van der Waals surface area contributed by atoms with Crippen molar-refractivity contribution < 1.29 is 27.4 Å². The van der Waals surface area contributed by atoms with E-state index in [2.05, 4.69) is 20.8 Å². The molecule has 0 saturated carbocycles. The Bertz CT molecular complexity index is 1520. The largest absolute Gasteiger partial charge is 0.490 e. The van der Waals surface area contributed by atoms with Crippen LogP contribution in [0.2, 0.25) is 5.02 Å². The predicted molar refractivity (Wildman–Crippen MR) is 154 cm³/mol. The van der Waals surface area contributed by atoms with Gasteiger partial charge in [0.15, 0.2) is 16.6 Å². The summed E-state index contributed by atoms with van der Waals surface area (Å²) in [5.41, 5.74) is 5.07. The molecule has 0 unspecified atom stereocenters. The topological polar surface area (TPSA) is 84.8 Å². The van der Waals surface area contributed by atoms with Crippen molar-refractivity contribution in [2.45, 2.75) is 33.1 Å². The summed E-state index contributed by atoms with van der Waals surface area (Å²) in [6, 6.07) is 16.1. The minimum atomic E-state index is -4.45. The summed E-state index contributed by atoms with van der Waals surface area (Å²) in [5, 5.41) is 9.16. The van der Waals surface area contributed by atoms with Crippen molar-refractivity contribution in [3.63, 3.8) is 0 Å². The Morgan fingerprint density at radius 1 is 1.12 bits per heavy atom. The van der Waals surface area contributed by atoms with Gasteiger partial charge in [0.2, 0.25) is 5.91 Å². The van der Waals surface area contributed by atoms with Gasteiger partial charge in [0.25, 0.3) is 0 Å². The van der Waals surface area contributed by atoms with Crippen molar-refractivity contribution in [1.29, 1.82) is 0 Å². The molecule has 0 aliphatic heterocycles. The van der Waals surface area contributed by atoms with Gasteiger partial charge in [-0.3, -0.25) is 4.79 Å². The van der Waals surface area contributed by atoms with Gasteiger partial charge in [-0.25, -0.2) is 10.4 Å². The van der Waals surface area contributed by atoms with Crippen LogP contribution < -0.4 is 20.2 Å². The fourth-order valence-electron chi connectivity index (χ4n) is 3.63. The second-order valence-electron chi connectivity index (χ2n) is 8.85. The Morgan fingerprint density at radius 2 is 1.90 bits per heavy atom. The number of halogens is 4. The van der Waals surface area contributed by atoms with Crippen LogP contribution >= 0.6 is 22.9 Å². The molecule has 0 fully saturated rings. The third-order valence-corrected chi connectivity index (χ3v) is 6.66. The van der Waals surface area contributed by atoms with Gasteiger partial charge in [-0.15, -0.1) is 11.3 Å². The first kappa shape index (κ1) is 29.9. The Balaban J connectivity index is 1.34. The maximum atomic E-state index is 12.9. The number of benzene rings is 3. The maximum Gasteiger partial charge on any atom is 0.416 e. The van der Waals surface area contributed by atoms with Gasteiger partial charge in [-0.2, -0.15) is 18.3 Å². The van der Waals surface area contributed by atoms with Crippen LogP contribution in [-0.2, 0) is 24.0 Å². The van der Waals surface area contributed by atoms with Gasteiger partial charge >= 0.3 is 6.18 Å². The summed E-state index contributed by atoms with van der Waals surface area (Å²) >= 11 is 7.65. The monoisotopic (exact) mass is 602 g/mol. The number of ether oxygens (including phenoxy) is 2. The van der Waals surface area contributed by atoms with Crippen LogP contribution in [-0.4, -0.2) is 23.7 Å². The molecule has 0 aliphatic rings. The molecule has 2 N–H and O–H groups in total. The second kappa shape index (κ2) is 13.5.